The standard InChI is InChI=1S/C13H14ClN3/c1-9-3-2-4-10(7-9)13(17-15)12-6-5-11(14)8-16-12/h2-8,13,17H,15H2,1H3. The highest BCUT2D eigenvalue weighted by Gasteiger charge is 2.13. The molecule has 0 aliphatic carbocycles. The molecule has 3 N–H and O–H groups in total. The van der Waals surface area contributed by atoms with Crippen molar-refractivity contribution in [2.75, 3.05) is 0 Å². The third kappa shape index (κ3) is 2.82. The number of rotatable bonds is 3. The van der Waals surface area contributed by atoms with Gasteiger partial charge in [0.1, 0.15) is 0 Å². The third-order valence-corrected chi connectivity index (χ3v) is 2.81. The van der Waals surface area contributed by atoms with E-state index in [1.807, 2.05) is 37.3 Å². The zero-order chi connectivity index (χ0) is 12.3. The van der Waals surface area contributed by atoms with Gasteiger partial charge in [-0.25, -0.2) is 5.43 Å². The summed E-state index contributed by atoms with van der Waals surface area (Å²) >= 11 is 5.82. The molecule has 1 unspecified atom stereocenters. The fraction of sp³-hybridized carbons (Fsp3) is 0.154. The van der Waals surface area contributed by atoms with Gasteiger partial charge in [0.05, 0.1) is 16.8 Å². The fourth-order valence-electron chi connectivity index (χ4n) is 1.76. The van der Waals surface area contributed by atoms with Crippen LogP contribution in [0.25, 0.3) is 0 Å². The van der Waals surface area contributed by atoms with E-state index in [2.05, 4.69) is 16.5 Å². The van der Waals surface area contributed by atoms with Crippen molar-refractivity contribution in [2.24, 2.45) is 5.84 Å². The lowest BCUT2D eigenvalue weighted by Gasteiger charge is -2.16. The Morgan fingerprint density at radius 1 is 1.29 bits per heavy atom. The van der Waals surface area contributed by atoms with Gasteiger partial charge in [-0.2, -0.15) is 0 Å². The molecule has 0 aliphatic rings. The Hall–Kier alpha value is -1.42. The second-order valence-corrected chi connectivity index (χ2v) is 4.35. The molecule has 17 heavy (non-hydrogen) atoms. The first-order valence-corrected chi connectivity index (χ1v) is 5.72. The van der Waals surface area contributed by atoms with Crippen molar-refractivity contribution in [3.8, 4) is 0 Å². The summed E-state index contributed by atoms with van der Waals surface area (Å²) in [6.07, 6.45) is 1.62. The molecule has 1 atom stereocenters. The van der Waals surface area contributed by atoms with Gasteiger partial charge in [0.15, 0.2) is 0 Å². The van der Waals surface area contributed by atoms with E-state index >= 15 is 0 Å². The summed E-state index contributed by atoms with van der Waals surface area (Å²) in [5.74, 6) is 5.60. The molecule has 0 amide bonds. The number of hydrogen-bond acceptors (Lipinski definition) is 3. The zero-order valence-electron chi connectivity index (χ0n) is 9.52. The van der Waals surface area contributed by atoms with E-state index in [4.69, 9.17) is 17.4 Å². The highest BCUT2D eigenvalue weighted by molar-refractivity contribution is 6.30. The van der Waals surface area contributed by atoms with Crippen LogP contribution in [0.3, 0.4) is 0 Å². The number of hydrazine groups is 1. The van der Waals surface area contributed by atoms with Crippen LogP contribution in [0, 0.1) is 6.92 Å². The molecule has 4 heteroatoms. The van der Waals surface area contributed by atoms with Gasteiger partial charge in [-0.1, -0.05) is 41.4 Å². The number of nitrogens with zero attached hydrogens (tertiary/aromatic N) is 1. The first-order chi connectivity index (χ1) is 8.20. The minimum absolute atomic E-state index is 0.118. The van der Waals surface area contributed by atoms with Crippen molar-refractivity contribution in [2.45, 2.75) is 13.0 Å². The Balaban J connectivity index is 2.36. The molecule has 2 aromatic rings. The van der Waals surface area contributed by atoms with Gasteiger partial charge in [-0.05, 0) is 24.6 Å². The Labute approximate surface area is 106 Å². The number of pyridine rings is 1. The minimum Gasteiger partial charge on any atom is -0.271 e. The number of nitrogens with one attached hydrogen (secondary N) is 1. The molecular formula is C13H14ClN3. The number of aromatic nitrogens is 1. The Kier molecular flexibility index (Phi) is 3.74. The largest absolute Gasteiger partial charge is 0.271 e. The molecule has 0 aliphatic heterocycles. The van der Waals surface area contributed by atoms with Gasteiger partial charge in [0, 0.05) is 6.20 Å². The van der Waals surface area contributed by atoms with Gasteiger partial charge in [-0.3, -0.25) is 10.8 Å². The molecule has 1 aromatic carbocycles. The lowest BCUT2D eigenvalue weighted by Crippen LogP contribution is -2.29. The van der Waals surface area contributed by atoms with Crippen molar-refractivity contribution in [1.29, 1.82) is 0 Å². The maximum absolute atomic E-state index is 5.82. The van der Waals surface area contributed by atoms with Crippen molar-refractivity contribution >= 4 is 11.6 Å². The molecule has 0 saturated carbocycles. The predicted molar refractivity (Wildman–Crippen MR) is 69.6 cm³/mol. The molecule has 88 valence electrons. The molecule has 2 rings (SSSR count). The normalized spacial score (nSPS) is 12.4. The summed E-state index contributed by atoms with van der Waals surface area (Å²) in [7, 11) is 0. The van der Waals surface area contributed by atoms with Crippen LogP contribution in [0.5, 0.6) is 0 Å². The number of benzene rings is 1. The highest BCUT2D eigenvalue weighted by Crippen LogP contribution is 2.21. The van der Waals surface area contributed by atoms with E-state index < -0.39 is 0 Å². The number of nitrogens with two attached hydrogens (primary N) is 1. The molecule has 1 heterocycles. The van der Waals surface area contributed by atoms with Crippen LogP contribution in [0.2, 0.25) is 5.02 Å². The lowest BCUT2D eigenvalue weighted by atomic mass is 10.0. The molecule has 0 fully saturated rings. The smallest absolute Gasteiger partial charge is 0.0881 e. The molecule has 3 nitrogen and oxygen atoms in total. The van der Waals surface area contributed by atoms with Crippen LogP contribution < -0.4 is 11.3 Å². The maximum Gasteiger partial charge on any atom is 0.0881 e. The Morgan fingerprint density at radius 2 is 2.12 bits per heavy atom. The molecule has 0 saturated heterocycles. The SMILES string of the molecule is Cc1cccc(C(NN)c2ccc(Cl)cn2)c1. The Morgan fingerprint density at radius 3 is 2.71 bits per heavy atom. The lowest BCUT2D eigenvalue weighted by molar-refractivity contribution is 0.620. The van der Waals surface area contributed by atoms with Gasteiger partial charge in [-0.15, -0.1) is 0 Å². The predicted octanol–water partition coefficient (Wildman–Crippen LogP) is 2.60. The van der Waals surface area contributed by atoms with E-state index in [1.165, 1.54) is 5.56 Å². The van der Waals surface area contributed by atoms with Crippen LogP contribution in [-0.4, -0.2) is 4.98 Å². The first-order valence-electron chi connectivity index (χ1n) is 5.35. The van der Waals surface area contributed by atoms with E-state index in [9.17, 15) is 0 Å². The number of aryl methyl sites for hydroxylation is 1. The molecule has 1 aromatic heterocycles. The van der Waals surface area contributed by atoms with Gasteiger partial charge < -0.3 is 0 Å². The van der Waals surface area contributed by atoms with Crippen LogP contribution in [0.1, 0.15) is 22.9 Å². The van der Waals surface area contributed by atoms with Gasteiger partial charge in [0.2, 0.25) is 0 Å². The average Bonchev–Trinajstić information content (AvgIpc) is 2.33. The quantitative estimate of drug-likeness (QED) is 0.648. The average molecular weight is 248 g/mol. The third-order valence-electron chi connectivity index (χ3n) is 2.59. The maximum atomic E-state index is 5.82. The second-order valence-electron chi connectivity index (χ2n) is 3.92. The monoisotopic (exact) mass is 247 g/mol. The van der Waals surface area contributed by atoms with Crippen LogP contribution in [-0.2, 0) is 0 Å². The summed E-state index contributed by atoms with van der Waals surface area (Å²) in [6.45, 7) is 2.05. The molecule has 0 bridgehead atoms. The summed E-state index contributed by atoms with van der Waals surface area (Å²) in [5, 5.41) is 0.619. The Bertz CT molecular complexity index is 496. The van der Waals surface area contributed by atoms with E-state index in [0.29, 0.717) is 5.02 Å². The van der Waals surface area contributed by atoms with Crippen LogP contribution in [0.4, 0.5) is 0 Å². The van der Waals surface area contributed by atoms with E-state index in [0.717, 1.165) is 11.3 Å². The summed E-state index contributed by atoms with van der Waals surface area (Å²) < 4.78 is 0. The van der Waals surface area contributed by atoms with Crippen molar-refractivity contribution in [3.63, 3.8) is 0 Å². The minimum atomic E-state index is -0.118. The number of hydrogen-bond donors (Lipinski definition) is 2. The first kappa shape index (κ1) is 12.0. The van der Waals surface area contributed by atoms with Gasteiger partial charge >= 0.3 is 0 Å². The van der Waals surface area contributed by atoms with Crippen molar-refractivity contribution in [1.82, 2.24) is 10.4 Å². The summed E-state index contributed by atoms with van der Waals surface area (Å²) in [4.78, 5) is 4.28. The van der Waals surface area contributed by atoms with Crippen LogP contribution >= 0.6 is 11.6 Å². The topological polar surface area (TPSA) is 50.9 Å². The van der Waals surface area contributed by atoms with E-state index in [-0.39, 0.29) is 6.04 Å². The fourth-order valence-corrected chi connectivity index (χ4v) is 1.87. The number of halogens is 1. The van der Waals surface area contributed by atoms with Crippen molar-refractivity contribution in [3.05, 3.63) is 64.4 Å². The zero-order valence-corrected chi connectivity index (χ0v) is 10.3. The van der Waals surface area contributed by atoms with E-state index in [1.54, 1.807) is 6.20 Å². The summed E-state index contributed by atoms with van der Waals surface area (Å²) in [5.41, 5.74) is 5.90. The van der Waals surface area contributed by atoms with Crippen molar-refractivity contribution < 1.29 is 0 Å². The van der Waals surface area contributed by atoms with Gasteiger partial charge in [0.25, 0.3) is 0 Å². The highest BCUT2D eigenvalue weighted by atomic mass is 35.5. The molecule has 0 radical (unpaired) electrons. The van der Waals surface area contributed by atoms with Crippen LogP contribution in [0.15, 0.2) is 42.6 Å². The summed E-state index contributed by atoms with van der Waals surface area (Å²) in [6, 6.07) is 11.7. The molecule has 0 spiro atoms. The second kappa shape index (κ2) is 5.27. The molecular weight excluding hydrogens is 234 g/mol.